The first-order valence-electron chi connectivity index (χ1n) is 9.99. The molecule has 0 bridgehead atoms. The highest BCUT2D eigenvalue weighted by Gasteiger charge is 2.30. The molecule has 1 atom stereocenters. The quantitative estimate of drug-likeness (QED) is 0.509. The maximum atomic E-state index is 10.2. The second kappa shape index (κ2) is 7.66. The maximum Gasteiger partial charge on any atom is 0.221 e. The zero-order chi connectivity index (χ0) is 20.5. The summed E-state index contributed by atoms with van der Waals surface area (Å²) in [5.74, 6) is 0.960. The van der Waals surface area contributed by atoms with Crippen molar-refractivity contribution < 1.29 is 5.11 Å². The van der Waals surface area contributed by atoms with Crippen LogP contribution in [0.15, 0.2) is 40.3 Å². The molecule has 0 saturated heterocycles. The van der Waals surface area contributed by atoms with E-state index in [9.17, 15) is 5.11 Å². The first-order valence-corrected chi connectivity index (χ1v) is 9.99. The zero-order valence-electron chi connectivity index (χ0n) is 17.2. The van der Waals surface area contributed by atoms with Gasteiger partial charge in [0.05, 0.1) is 11.7 Å². The van der Waals surface area contributed by atoms with Crippen LogP contribution in [-0.4, -0.2) is 49.9 Å². The molecule has 4 rings (SSSR count). The molecule has 3 heterocycles. The molecule has 0 aliphatic carbocycles. The highest BCUT2D eigenvalue weighted by Crippen LogP contribution is 2.37. The number of nitrogens with zero attached hydrogens (tertiary/aromatic N) is 5. The highest BCUT2D eigenvalue weighted by molar-refractivity contribution is 5.90. The Balaban J connectivity index is 1.81. The minimum atomic E-state index is 0.0927. The van der Waals surface area contributed by atoms with E-state index in [4.69, 9.17) is 4.99 Å². The van der Waals surface area contributed by atoms with Crippen LogP contribution in [0.4, 0.5) is 0 Å². The number of para-hydroxylation sites is 1. The average Bonchev–Trinajstić information content (AvgIpc) is 3.06. The van der Waals surface area contributed by atoms with Crippen LogP contribution < -0.4 is 0 Å². The van der Waals surface area contributed by atoms with E-state index in [-0.39, 0.29) is 17.8 Å². The summed E-state index contributed by atoms with van der Waals surface area (Å²) < 4.78 is 0. The van der Waals surface area contributed by atoms with Gasteiger partial charge in [-0.3, -0.25) is 0 Å². The first-order chi connectivity index (χ1) is 14.0. The summed E-state index contributed by atoms with van der Waals surface area (Å²) in [4.78, 5) is 14.9. The van der Waals surface area contributed by atoms with Crippen LogP contribution in [0.2, 0.25) is 0 Å². The van der Waals surface area contributed by atoms with Gasteiger partial charge < -0.3 is 15.0 Å². The monoisotopic (exact) mass is 390 g/mol. The summed E-state index contributed by atoms with van der Waals surface area (Å²) in [6.07, 6.45) is 2.65. The van der Waals surface area contributed by atoms with E-state index in [1.165, 1.54) is 11.3 Å². The number of fused-ring (bicyclic) bond motifs is 3. The van der Waals surface area contributed by atoms with Crippen LogP contribution in [0.5, 0.6) is 5.75 Å². The lowest BCUT2D eigenvalue weighted by atomic mass is 9.97. The van der Waals surface area contributed by atoms with Crippen molar-refractivity contribution in [1.82, 2.24) is 20.1 Å². The van der Waals surface area contributed by atoms with Crippen molar-refractivity contribution in [1.29, 1.82) is 0 Å². The fraction of sp³-hybridized carbons (Fsp3) is 0.364. The highest BCUT2D eigenvalue weighted by atomic mass is 16.3. The number of aliphatic imine (C=N–C) groups is 2. The number of benzene rings is 1. The third-order valence-electron chi connectivity index (χ3n) is 5.22. The van der Waals surface area contributed by atoms with Crippen LogP contribution in [0.25, 0.3) is 22.3 Å². The molecular weight excluding hydrogens is 364 g/mol. The minimum absolute atomic E-state index is 0.0927. The number of rotatable bonds is 2. The number of hydrogen-bond acceptors (Lipinski definition) is 4. The number of aromatic amines is 1. The lowest BCUT2D eigenvalue weighted by molar-refractivity contribution is 0.314. The molecule has 2 aromatic heterocycles. The van der Waals surface area contributed by atoms with E-state index in [1.807, 2.05) is 25.1 Å². The van der Waals surface area contributed by atoms with Gasteiger partial charge in [0.25, 0.3) is 0 Å². The van der Waals surface area contributed by atoms with Gasteiger partial charge in [0.15, 0.2) is 5.65 Å². The van der Waals surface area contributed by atoms with Gasteiger partial charge in [0.1, 0.15) is 5.75 Å². The Morgan fingerprint density at radius 2 is 2.10 bits per heavy atom. The molecule has 1 aliphatic heterocycles. The number of H-pyrrole nitrogens is 1. The lowest BCUT2D eigenvalue weighted by Gasteiger charge is -2.34. The van der Waals surface area contributed by atoms with E-state index < -0.39 is 0 Å². The van der Waals surface area contributed by atoms with E-state index >= 15 is 0 Å². The SMILES string of the molecule is CC=NC(=NC(C)C)N1CCc2[nH]c3nnc(-c4ccccc4O)cc3c2[C@H]1C. The Morgan fingerprint density at radius 3 is 2.83 bits per heavy atom. The topological polar surface area (TPSA) is 89.8 Å². The Morgan fingerprint density at radius 1 is 1.31 bits per heavy atom. The van der Waals surface area contributed by atoms with Gasteiger partial charge in [-0.2, -0.15) is 0 Å². The van der Waals surface area contributed by atoms with Crippen molar-refractivity contribution in [2.24, 2.45) is 9.98 Å². The molecule has 2 N–H and O–H groups in total. The minimum Gasteiger partial charge on any atom is -0.507 e. The van der Waals surface area contributed by atoms with Crippen LogP contribution in [0.1, 0.15) is 45.0 Å². The standard InChI is InChI=1S/C22H26N6O/c1-5-23-22(24-13(2)3)28-11-10-17-20(14(28)4)16-12-18(26-27-21(16)25-17)15-8-6-7-9-19(15)29/h5-9,12-14,29H,10-11H2,1-4H3,(H,25,27)/t14-/m1/s1. The van der Waals surface area contributed by atoms with Crippen molar-refractivity contribution in [3.8, 4) is 17.0 Å². The van der Waals surface area contributed by atoms with E-state index in [2.05, 4.69) is 45.8 Å². The number of phenolic OH excluding ortho intramolecular Hbond substituents is 1. The Bertz CT molecular complexity index is 1100. The second-order valence-corrected chi connectivity index (χ2v) is 7.56. The van der Waals surface area contributed by atoms with Crippen LogP contribution >= 0.6 is 0 Å². The van der Waals surface area contributed by atoms with Gasteiger partial charge in [-0.25, -0.2) is 9.98 Å². The number of guanidine groups is 1. The number of nitrogens with one attached hydrogen (secondary N) is 1. The molecular formula is C22H26N6O. The molecule has 29 heavy (non-hydrogen) atoms. The zero-order valence-corrected chi connectivity index (χ0v) is 17.2. The number of aromatic hydroxyl groups is 1. The summed E-state index contributed by atoms with van der Waals surface area (Å²) in [7, 11) is 0. The number of hydrogen-bond donors (Lipinski definition) is 2. The normalized spacial score (nSPS) is 17.5. The van der Waals surface area contributed by atoms with Crippen LogP contribution in [0, 0.1) is 0 Å². The van der Waals surface area contributed by atoms with E-state index in [0.29, 0.717) is 11.3 Å². The van der Waals surface area contributed by atoms with Gasteiger partial charge in [-0.05, 0) is 45.9 Å². The van der Waals surface area contributed by atoms with E-state index in [0.717, 1.165) is 30.0 Å². The van der Waals surface area contributed by atoms with Gasteiger partial charge >= 0.3 is 0 Å². The molecule has 0 spiro atoms. The summed E-state index contributed by atoms with van der Waals surface area (Å²) in [5, 5.41) is 20.0. The van der Waals surface area contributed by atoms with Crippen LogP contribution in [0.3, 0.4) is 0 Å². The molecule has 0 amide bonds. The van der Waals surface area contributed by atoms with Crippen molar-refractivity contribution in [3.63, 3.8) is 0 Å². The molecule has 7 heteroatoms. The smallest absolute Gasteiger partial charge is 0.221 e. The predicted octanol–water partition coefficient (Wildman–Crippen LogP) is 4.10. The molecule has 0 saturated carbocycles. The third kappa shape index (κ3) is 3.48. The van der Waals surface area contributed by atoms with Crippen molar-refractivity contribution in [3.05, 3.63) is 41.6 Å². The molecule has 0 radical (unpaired) electrons. The fourth-order valence-corrected chi connectivity index (χ4v) is 3.94. The molecule has 0 unspecified atom stereocenters. The summed E-state index contributed by atoms with van der Waals surface area (Å²) in [6, 6.07) is 9.47. The maximum absolute atomic E-state index is 10.2. The van der Waals surface area contributed by atoms with Gasteiger partial charge in [0.2, 0.25) is 5.96 Å². The molecule has 1 aliphatic rings. The molecule has 150 valence electrons. The van der Waals surface area contributed by atoms with E-state index in [1.54, 1.807) is 18.3 Å². The molecule has 0 fully saturated rings. The van der Waals surface area contributed by atoms with Gasteiger partial charge in [-0.1, -0.05) is 12.1 Å². The Hall–Kier alpha value is -3.22. The summed E-state index contributed by atoms with van der Waals surface area (Å²) in [5.41, 5.74) is 4.47. The summed E-state index contributed by atoms with van der Waals surface area (Å²) in [6.45, 7) is 9.04. The molecule has 3 aromatic rings. The third-order valence-corrected chi connectivity index (χ3v) is 5.22. The van der Waals surface area contributed by atoms with Crippen molar-refractivity contribution >= 4 is 23.2 Å². The van der Waals surface area contributed by atoms with Crippen molar-refractivity contribution in [2.75, 3.05) is 6.54 Å². The lowest BCUT2D eigenvalue weighted by Crippen LogP contribution is -2.38. The molecule has 7 nitrogen and oxygen atoms in total. The summed E-state index contributed by atoms with van der Waals surface area (Å²) >= 11 is 0. The second-order valence-electron chi connectivity index (χ2n) is 7.56. The largest absolute Gasteiger partial charge is 0.507 e. The number of aromatic nitrogens is 3. The van der Waals surface area contributed by atoms with Gasteiger partial charge in [0, 0.05) is 47.4 Å². The Kier molecular flexibility index (Phi) is 5.05. The first kappa shape index (κ1) is 19.1. The fourth-order valence-electron chi connectivity index (χ4n) is 3.94. The Labute approximate surface area is 170 Å². The number of phenols is 1. The van der Waals surface area contributed by atoms with Crippen molar-refractivity contribution in [2.45, 2.75) is 46.2 Å². The predicted molar refractivity (Wildman–Crippen MR) is 117 cm³/mol. The van der Waals surface area contributed by atoms with Gasteiger partial charge in [-0.15, -0.1) is 10.2 Å². The molecule has 1 aromatic carbocycles. The van der Waals surface area contributed by atoms with Crippen LogP contribution in [-0.2, 0) is 6.42 Å². The average molecular weight is 390 g/mol.